The number of likely N-dealkylation sites (tertiary alicyclic amines) is 2. The zero-order valence-electron chi connectivity index (χ0n) is 17.0. The molecule has 2 amide bonds. The molecule has 0 bridgehead atoms. The normalized spacial score (nSPS) is 23.8. The molecule has 2 atom stereocenters. The van der Waals surface area contributed by atoms with E-state index in [0.717, 1.165) is 12.1 Å². The van der Waals surface area contributed by atoms with Crippen molar-refractivity contribution in [2.24, 2.45) is 0 Å². The molecule has 2 saturated heterocycles. The number of amides is 2. The second kappa shape index (κ2) is 7.21. The van der Waals surface area contributed by atoms with Gasteiger partial charge in [-0.15, -0.1) is 0 Å². The molecule has 2 fully saturated rings. The van der Waals surface area contributed by atoms with Crippen molar-refractivity contribution in [1.82, 2.24) is 19.8 Å². The van der Waals surface area contributed by atoms with E-state index in [1.165, 1.54) is 21.9 Å². The Kier molecular flexibility index (Phi) is 4.90. The second-order valence-electron chi connectivity index (χ2n) is 8.04. The number of carboxylic acid groups (broad SMARTS) is 1. The van der Waals surface area contributed by atoms with Crippen LogP contribution in [0.15, 0.2) is 30.3 Å². The van der Waals surface area contributed by atoms with Gasteiger partial charge in [0.1, 0.15) is 5.54 Å². The zero-order valence-corrected chi connectivity index (χ0v) is 17.0. The molecule has 0 radical (unpaired) electrons. The zero-order chi connectivity index (χ0) is 22.6. The number of alkyl halides is 3. The number of carbonyl (C=O) groups is 2. The summed E-state index contributed by atoms with van der Waals surface area (Å²) in [7, 11) is 1.65. The van der Waals surface area contributed by atoms with Gasteiger partial charge in [-0.1, -0.05) is 12.1 Å². The molecule has 1 aromatic heterocycles. The third-order valence-electron chi connectivity index (χ3n) is 6.09. The molecule has 1 spiro atoms. The first-order valence-electron chi connectivity index (χ1n) is 9.84. The first-order valence-corrected chi connectivity index (χ1v) is 9.84. The highest BCUT2D eigenvalue weighted by Crippen LogP contribution is 2.47. The molecular weight excluding hydrogens is 413 g/mol. The number of aromatic nitrogens is 2. The SMILES string of the molecule is Cc1cc(-c2ccc(C(F)(F)F)cc2)nc([C@H]2CC[C@@]3(CCN(C)C3=O)N2C(=O)O)n1. The molecular formula is C21H21F3N4O3. The predicted molar refractivity (Wildman–Crippen MR) is 104 cm³/mol. The van der Waals surface area contributed by atoms with Crippen molar-refractivity contribution >= 4 is 12.0 Å². The molecule has 1 N–H and O–H groups in total. The number of carbonyl (C=O) groups excluding carboxylic acids is 1. The van der Waals surface area contributed by atoms with E-state index in [9.17, 15) is 27.9 Å². The van der Waals surface area contributed by atoms with Gasteiger partial charge in [-0.05, 0) is 44.4 Å². The summed E-state index contributed by atoms with van der Waals surface area (Å²) >= 11 is 0. The molecule has 10 heteroatoms. The Morgan fingerprint density at radius 2 is 1.87 bits per heavy atom. The standard InChI is InChI=1S/C21H21F3N4O3/c1-12-11-15(13-3-5-14(6-4-13)21(22,23)24)26-17(25-12)16-7-8-20(28(16)19(30)31)9-10-27(2)18(20)29/h3-6,11,16H,7-10H2,1-2H3,(H,30,31)/t16-,20+/m1/s1. The summed E-state index contributed by atoms with van der Waals surface area (Å²) in [5.74, 6) is 0.0181. The van der Waals surface area contributed by atoms with Gasteiger partial charge in [-0.25, -0.2) is 14.8 Å². The highest BCUT2D eigenvalue weighted by Gasteiger charge is 2.58. The summed E-state index contributed by atoms with van der Waals surface area (Å²) in [6, 6.07) is 5.54. The number of hydrogen-bond acceptors (Lipinski definition) is 4. The Bertz CT molecular complexity index is 1040. The first-order chi connectivity index (χ1) is 14.5. The number of benzene rings is 1. The lowest BCUT2D eigenvalue weighted by Crippen LogP contribution is -2.52. The fourth-order valence-electron chi connectivity index (χ4n) is 4.57. The van der Waals surface area contributed by atoms with Crippen molar-refractivity contribution < 1.29 is 27.9 Å². The Labute approximate surface area is 176 Å². The van der Waals surface area contributed by atoms with Crippen LogP contribution in [0.4, 0.5) is 18.0 Å². The van der Waals surface area contributed by atoms with Crippen LogP contribution in [-0.2, 0) is 11.0 Å². The van der Waals surface area contributed by atoms with Gasteiger partial charge in [-0.3, -0.25) is 9.69 Å². The van der Waals surface area contributed by atoms with Gasteiger partial charge in [0, 0.05) is 24.8 Å². The molecule has 4 rings (SSSR count). The lowest BCUT2D eigenvalue weighted by Gasteiger charge is -2.34. The van der Waals surface area contributed by atoms with Crippen molar-refractivity contribution in [1.29, 1.82) is 0 Å². The van der Waals surface area contributed by atoms with E-state index in [2.05, 4.69) is 9.97 Å². The maximum absolute atomic E-state index is 12.9. The van der Waals surface area contributed by atoms with Crippen molar-refractivity contribution in [3.8, 4) is 11.3 Å². The summed E-state index contributed by atoms with van der Waals surface area (Å²) in [4.78, 5) is 36.5. The molecule has 1 aromatic carbocycles. The van der Waals surface area contributed by atoms with Crippen molar-refractivity contribution in [3.63, 3.8) is 0 Å². The molecule has 164 valence electrons. The number of rotatable bonds is 2. The molecule has 0 aliphatic carbocycles. The quantitative estimate of drug-likeness (QED) is 0.775. The highest BCUT2D eigenvalue weighted by molar-refractivity contribution is 5.92. The Balaban J connectivity index is 1.72. The lowest BCUT2D eigenvalue weighted by atomic mass is 9.94. The molecule has 2 aliphatic heterocycles. The van der Waals surface area contributed by atoms with Crippen LogP contribution in [0.5, 0.6) is 0 Å². The molecule has 7 nitrogen and oxygen atoms in total. The fourth-order valence-corrected chi connectivity index (χ4v) is 4.57. The van der Waals surface area contributed by atoms with Crippen molar-refractivity contribution in [3.05, 3.63) is 47.4 Å². The van der Waals surface area contributed by atoms with Crippen LogP contribution in [0.1, 0.15) is 42.4 Å². The van der Waals surface area contributed by atoms with E-state index in [4.69, 9.17) is 0 Å². The van der Waals surface area contributed by atoms with Crippen molar-refractivity contribution in [2.75, 3.05) is 13.6 Å². The summed E-state index contributed by atoms with van der Waals surface area (Å²) in [6.07, 6.45) is -4.48. The van der Waals surface area contributed by atoms with Gasteiger partial charge in [-0.2, -0.15) is 13.2 Å². The third-order valence-corrected chi connectivity index (χ3v) is 6.09. The van der Waals surface area contributed by atoms with Crippen LogP contribution in [0, 0.1) is 6.92 Å². The van der Waals surface area contributed by atoms with E-state index in [1.807, 2.05) is 0 Å². The maximum Gasteiger partial charge on any atom is 0.416 e. The topological polar surface area (TPSA) is 86.6 Å². The first kappa shape index (κ1) is 21.1. The van der Waals surface area contributed by atoms with Gasteiger partial charge in [0.25, 0.3) is 0 Å². The Morgan fingerprint density at radius 3 is 2.42 bits per heavy atom. The number of hydrogen-bond donors (Lipinski definition) is 1. The summed E-state index contributed by atoms with van der Waals surface area (Å²) in [5, 5.41) is 9.93. The van der Waals surface area contributed by atoms with Gasteiger partial charge in [0.2, 0.25) is 5.91 Å². The van der Waals surface area contributed by atoms with Gasteiger partial charge < -0.3 is 10.0 Å². The van der Waals surface area contributed by atoms with E-state index < -0.39 is 29.4 Å². The largest absolute Gasteiger partial charge is 0.465 e. The van der Waals surface area contributed by atoms with E-state index in [1.54, 1.807) is 20.0 Å². The van der Waals surface area contributed by atoms with Crippen LogP contribution in [0.25, 0.3) is 11.3 Å². The number of likely N-dealkylation sites (N-methyl/N-ethyl adjacent to an activating group) is 1. The number of halogens is 3. The van der Waals surface area contributed by atoms with Crippen LogP contribution in [-0.4, -0.2) is 56.0 Å². The number of aryl methyl sites for hydroxylation is 1. The highest BCUT2D eigenvalue weighted by atomic mass is 19.4. The molecule has 2 aliphatic rings. The molecule has 2 aromatic rings. The average molecular weight is 434 g/mol. The Hall–Kier alpha value is -3.17. The predicted octanol–water partition coefficient (Wildman–Crippen LogP) is 3.89. The smallest absolute Gasteiger partial charge is 0.416 e. The minimum atomic E-state index is -4.44. The molecule has 0 saturated carbocycles. The average Bonchev–Trinajstić information content (AvgIpc) is 3.23. The maximum atomic E-state index is 12.9. The summed E-state index contributed by atoms with van der Waals surface area (Å²) in [5.41, 5.74) is -0.460. The Morgan fingerprint density at radius 1 is 1.19 bits per heavy atom. The lowest BCUT2D eigenvalue weighted by molar-refractivity contribution is -0.137. The minimum absolute atomic E-state index is 0.229. The molecule has 0 unspecified atom stereocenters. The third kappa shape index (κ3) is 3.49. The second-order valence-corrected chi connectivity index (χ2v) is 8.04. The van der Waals surface area contributed by atoms with Crippen LogP contribution in [0.3, 0.4) is 0 Å². The summed E-state index contributed by atoms with van der Waals surface area (Å²) in [6.45, 7) is 2.18. The molecule has 3 heterocycles. The monoisotopic (exact) mass is 434 g/mol. The van der Waals surface area contributed by atoms with Gasteiger partial charge >= 0.3 is 12.3 Å². The van der Waals surface area contributed by atoms with Gasteiger partial charge in [0.15, 0.2) is 5.82 Å². The van der Waals surface area contributed by atoms with Crippen LogP contribution >= 0.6 is 0 Å². The van der Waals surface area contributed by atoms with Crippen LogP contribution < -0.4 is 0 Å². The number of nitrogens with zero attached hydrogens (tertiary/aromatic N) is 4. The summed E-state index contributed by atoms with van der Waals surface area (Å²) < 4.78 is 38.6. The molecule has 31 heavy (non-hydrogen) atoms. The van der Waals surface area contributed by atoms with Crippen LogP contribution in [0.2, 0.25) is 0 Å². The minimum Gasteiger partial charge on any atom is -0.465 e. The van der Waals surface area contributed by atoms with Crippen molar-refractivity contribution in [2.45, 2.75) is 43.9 Å². The fraction of sp³-hybridized carbons (Fsp3) is 0.429. The van der Waals surface area contributed by atoms with E-state index in [0.29, 0.717) is 42.8 Å². The van der Waals surface area contributed by atoms with E-state index >= 15 is 0 Å². The van der Waals surface area contributed by atoms with E-state index in [-0.39, 0.29) is 11.7 Å². The van der Waals surface area contributed by atoms with Gasteiger partial charge in [0.05, 0.1) is 17.3 Å².